The Kier molecular flexibility index (Phi) is 2.75. The van der Waals surface area contributed by atoms with Gasteiger partial charge in [-0.25, -0.2) is 0 Å². The topological polar surface area (TPSA) is 0 Å². The third kappa shape index (κ3) is 2.79. The third-order valence-corrected chi connectivity index (χ3v) is 1.76. The summed E-state index contributed by atoms with van der Waals surface area (Å²) >= 11 is 0. The maximum atomic E-state index is 2.25. The smallest absolute Gasteiger partial charge is 0.0694 e. The van der Waals surface area contributed by atoms with Crippen molar-refractivity contribution in [1.29, 1.82) is 0 Å². The Bertz CT molecular complexity index is 211. The van der Waals surface area contributed by atoms with Crippen LogP contribution in [0.4, 0.5) is 0 Å². The van der Waals surface area contributed by atoms with Crippen molar-refractivity contribution in [3.8, 4) is 0 Å². The Morgan fingerprint density at radius 3 is 2.27 bits per heavy atom. The molecule has 0 bridgehead atoms. The van der Waals surface area contributed by atoms with Crippen LogP contribution in [0.3, 0.4) is 0 Å². The first-order valence-corrected chi connectivity index (χ1v) is 4.24. The highest BCUT2D eigenvalue weighted by Gasteiger charge is 1.95. The molecule has 58 valence electrons. The van der Waals surface area contributed by atoms with Crippen molar-refractivity contribution in [2.45, 2.75) is 26.1 Å². The molecule has 0 nitrogen and oxygen atoms in total. The second kappa shape index (κ2) is 3.61. The van der Waals surface area contributed by atoms with E-state index in [1.54, 1.807) is 0 Å². The fourth-order valence-electron chi connectivity index (χ4n) is 1.20. The van der Waals surface area contributed by atoms with Gasteiger partial charge in [-0.15, -0.1) is 0 Å². The fraction of sp³-hybridized carbons (Fsp3) is 0.400. The highest BCUT2D eigenvalue weighted by atomic mass is 14.0. The second-order valence-corrected chi connectivity index (χ2v) is 3.58. The average Bonchev–Trinajstić information content (AvgIpc) is 1.93. The lowest BCUT2D eigenvalue weighted by atomic mass is 9.84. The van der Waals surface area contributed by atoms with Crippen molar-refractivity contribution in [2.75, 3.05) is 0 Å². The van der Waals surface area contributed by atoms with Crippen molar-refractivity contribution < 1.29 is 0 Å². The maximum absolute atomic E-state index is 2.25. The van der Waals surface area contributed by atoms with E-state index in [4.69, 9.17) is 0 Å². The van der Waals surface area contributed by atoms with Gasteiger partial charge < -0.3 is 0 Å². The van der Waals surface area contributed by atoms with Crippen LogP contribution in [0.25, 0.3) is 0 Å². The molecule has 0 saturated heterocycles. The Morgan fingerprint density at radius 1 is 1.27 bits per heavy atom. The summed E-state index contributed by atoms with van der Waals surface area (Å²) in [7, 11) is 2.25. The number of hydrogen-bond donors (Lipinski definition) is 0. The van der Waals surface area contributed by atoms with Crippen LogP contribution < -0.4 is 0 Å². The molecule has 1 atom stereocenters. The van der Waals surface area contributed by atoms with Gasteiger partial charge in [-0.05, 0) is 18.9 Å². The van der Waals surface area contributed by atoms with Gasteiger partial charge in [-0.2, -0.15) is 0 Å². The monoisotopic (exact) mass is 146 g/mol. The minimum Gasteiger partial charge on any atom is -0.0694 e. The van der Waals surface area contributed by atoms with Crippen molar-refractivity contribution in [2.24, 2.45) is 0 Å². The molecule has 0 heterocycles. The Labute approximate surface area is 70.0 Å². The van der Waals surface area contributed by atoms with E-state index in [1.807, 2.05) is 0 Å². The van der Waals surface area contributed by atoms with Crippen LogP contribution >= 0.6 is 0 Å². The molecule has 1 aromatic carbocycles. The van der Waals surface area contributed by atoms with E-state index < -0.39 is 0 Å². The second-order valence-electron chi connectivity index (χ2n) is 3.58. The minimum absolute atomic E-state index is 0.762. The summed E-state index contributed by atoms with van der Waals surface area (Å²) in [6, 6.07) is 8.79. The van der Waals surface area contributed by atoms with Gasteiger partial charge in [0, 0.05) is 0 Å². The molecular formula is C10H15B. The van der Waals surface area contributed by atoms with Gasteiger partial charge in [0.15, 0.2) is 0 Å². The molecular weight excluding hydrogens is 131 g/mol. The fourth-order valence-corrected chi connectivity index (χ4v) is 1.20. The largest absolute Gasteiger partial charge is 0.105 e. The molecule has 0 radical (unpaired) electrons. The van der Waals surface area contributed by atoms with Crippen LogP contribution in [-0.2, 0) is 6.42 Å². The number of aryl methyl sites for hydroxylation is 1. The zero-order valence-electron chi connectivity index (χ0n) is 7.59. The Balaban J connectivity index is 2.66. The summed E-state index contributed by atoms with van der Waals surface area (Å²) in [5.74, 6) is 0.762. The SMILES string of the molecule is BC(C)Cc1ccc(C)cc1. The van der Waals surface area contributed by atoms with Gasteiger partial charge in [-0.1, -0.05) is 42.6 Å². The lowest BCUT2D eigenvalue weighted by Gasteiger charge is -2.03. The van der Waals surface area contributed by atoms with E-state index in [2.05, 4.69) is 46.0 Å². The lowest BCUT2D eigenvalue weighted by Crippen LogP contribution is -1.91. The number of hydrogen-bond acceptors (Lipinski definition) is 0. The van der Waals surface area contributed by atoms with Gasteiger partial charge in [-0.3, -0.25) is 0 Å². The molecule has 1 unspecified atom stereocenters. The molecule has 11 heavy (non-hydrogen) atoms. The summed E-state index contributed by atoms with van der Waals surface area (Å²) in [5.41, 5.74) is 2.79. The van der Waals surface area contributed by atoms with Crippen LogP contribution in [0.1, 0.15) is 18.1 Å². The van der Waals surface area contributed by atoms with E-state index in [9.17, 15) is 0 Å². The van der Waals surface area contributed by atoms with E-state index >= 15 is 0 Å². The first-order valence-electron chi connectivity index (χ1n) is 4.24. The first kappa shape index (κ1) is 8.38. The normalized spacial score (nSPS) is 12.9. The van der Waals surface area contributed by atoms with Crippen molar-refractivity contribution >= 4 is 7.85 Å². The Hall–Kier alpha value is -0.715. The molecule has 0 amide bonds. The minimum atomic E-state index is 0.762. The van der Waals surface area contributed by atoms with Crippen LogP contribution in [-0.4, -0.2) is 7.85 Å². The predicted octanol–water partition coefficient (Wildman–Crippen LogP) is 1.98. The summed E-state index contributed by atoms with van der Waals surface area (Å²) in [6.07, 6.45) is 1.19. The van der Waals surface area contributed by atoms with Gasteiger partial charge in [0.05, 0.1) is 0 Å². The molecule has 0 spiro atoms. The standard InChI is InChI=1S/C10H15B/c1-8-3-5-10(6-4-8)7-9(2)11/h3-6,9H,7,11H2,1-2H3. The summed E-state index contributed by atoms with van der Waals surface area (Å²) in [4.78, 5) is 0. The third-order valence-electron chi connectivity index (χ3n) is 1.76. The molecule has 0 saturated carbocycles. The highest BCUT2D eigenvalue weighted by Crippen LogP contribution is 2.10. The highest BCUT2D eigenvalue weighted by molar-refractivity contribution is 6.11. The summed E-state index contributed by atoms with van der Waals surface area (Å²) in [6.45, 7) is 4.37. The first-order chi connectivity index (χ1) is 5.18. The molecule has 0 N–H and O–H groups in total. The average molecular weight is 146 g/mol. The summed E-state index contributed by atoms with van der Waals surface area (Å²) < 4.78 is 0. The van der Waals surface area contributed by atoms with Crippen LogP contribution in [0.2, 0.25) is 5.82 Å². The molecule has 1 aromatic rings. The van der Waals surface area contributed by atoms with Crippen LogP contribution in [0.15, 0.2) is 24.3 Å². The number of benzene rings is 1. The Morgan fingerprint density at radius 2 is 1.82 bits per heavy atom. The van der Waals surface area contributed by atoms with Crippen LogP contribution in [0, 0.1) is 6.92 Å². The van der Waals surface area contributed by atoms with E-state index in [0.717, 1.165) is 5.82 Å². The quantitative estimate of drug-likeness (QED) is 0.559. The van der Waals surface area contributed by atoms with E-state index in [1.165, 1.54) is 17.5 Å². The van der Waals surface area contributed by atoms with E-state index in [0.29, 0.717) is 0 Å². The molecule has 0 aliphatic heterocycles. The molecule has 1 heteroatoms. The van der Waals surface area contributed by atoms with Crippen molar-refractivity contribution in [3.63, 3.8) is 0 Å². The maximum Gasteiger partial charge on any atom is 0.105 e. The van der Waals surface area contributed by atoms with E-state index in [-0.39, 0.29) is 0 Å². The zero-order chi connectivity index (χ0) is 8.27. The predicted molar refractivity (Wildman–Crippen MR) is 52.9 cm³/mol. The van der Waals surface area contributed by atoms with Crippen molar-refractivity contribution in [3.05, 3.63) is 35.4 Å². The lowest BCUT2D eigenvalue weighted by molar-refractivity contribution is 0.915. The molecule has 0 aliphatic carbocycles. The van der Waals surface area contributed by atoms with Gasteiger partial charge in [0.2, 0.25) is 0 Å². The molecule has 0 aliphatic rings. The zero-order valence-corrected chi connectivity index (χ0v) is 7.59. The summed E-state index contributed by atoms with van der Waals surface area (Å²) in [5, 5.41) is 0. The molecule has 0 fully saturated rings. The van der Waals surface area contributed by atoms with Gasteiger partial charge in [0.25, 0.3) is 0 Å². The van der Waals surface area contributed by atoms with Gasteiger partial charge >= 0.3 is 0 Å². The molecule has 0 aromatic heterocycles. The molecule has 1 rings (SSSR count). The van der Waals surface area contributed by atoms with Crippen molar-refractivity contribution in [1.82, 2.24) is 0 Å². The van der Waals surface area contributed by atoms with Crippen LogP contribution in [0.5, 0.6) is 0 Å². The number of rotatable bonds is 2. The van der Waals surface area contributed by atoms with Gasteiger partial charge in [0.1, 0.15) is 7.85 Å².